The van der Waals surface area contributed by atoms with Crippen molar-refractivity contribution in [3.63, 3.8) is 0 Å². The largest absolute Gasteiger partial charge is 0.382 e. The Labute approximate surface area is 165 Å². The van der Waals surface area contributed by atoms with Gasteiger partial charge in [0.1, 0.15) is 29.1 Å². The van der Waals surface area contributed by atoms with E-state index >= 15 is 0 Å². The second kappa shape index (κ2) is 8.18. The van der Waals surface area contributed by atoms with E-state index in [1.165, 1.54) is 16.8 Å². The number of pyridine rings is 1. The fourth-order valence-corrected chi connectivity index (χ4v) is 2.89. The lowest BCUT2D eigenvalue weighted by molar-refractivity contribution is 0.627. The molecule has 138 valence electrons. The topological polar surface area (TPSA) is 92.6 Å². The van der Waals surface area contributed by atoms with Crippen LogP contribution in [0.4, 0.5) is 16.0 Å². The van der Waals surface area contributed by atoms with Gasteiger partial charge in [0.25, 0.3) is 0 Å². The Bertz CT molecular complexity index is 991. The van der Waals surface area contributed by atoms with E-state index in [2.05, 4.69) is 37.4 Å². The Morgan fingerprint density at radius 3 is 2.67 bits per heavy atom. The van der Waals surface area contributed by atoms with E-state index in [4.69, 9.17) is 5.73 Å². The number of hydrogen-bond acceptors (Lipinski definition) is 5. The highest BCUT2D eigenvalue weighted by molar-refractivity contribution is 9.10. The Balaban J connectivity index is 1.68. The van der Waals surface area contributed by atoms with Crippen LogP contribution in [0, 0.1) is 24.1 Å². The summed E-state index contributed by atoms with van der Waals surface area (Å²) in [7, 11) is 0. The van der Waals surface area contributed by atoms with Crippen molar-refractivity contribution in [1.29, 1.82) is 5.26 Å². The van der Waals surface area contributed by atoms with Crippen molar-refractivity contribution in [2.45, 2.75) is 19.8 Å². The first-order chi connectivity index (χ1) is 13.0. The molecule has 6 nitrogen and oxygen atoms in total. The van der Waals surface area contributed by atoms with Crippen LogP contribution < -0.4 is 11.1 Å². The summed E-state index contributed by atoms with van der Waals surface area (Å²) in [5.74, 6) is 0.720. The van der Waals surface area contributed by atoms with E-state index in [1.54, 1.807) is 12.1 Å². The molecule has 3 N–H and O–H groups in total. The van der Waals surface area contributed by atoms with Crippen LogP contribution in [0.3, 0.4) is 0 Å². The summed E-state index contributed by atoms with van der Waals surface area (Å²) in [5, 5.41) is 17.1. The van der Waals surface area contributed by atoms with Gasteiger partial charge in [-0.3, -0.25) is 0 Å². The molecule has 3 rings (SSSR count). The van der Waals surface area contributed by atoms with Crippen LogP contribution in [-0.4, -0.2) is 21.3 Å². The number of rotatable bonds is 6. The van der Waals surface area contributed by atoms with Gasteiger partial charge in [0.2, 0.25) is 0 Å². The first kappa shape index (κ1) is 18.9. The molecule has 3 aromatic rings. The lowest BCUT2D eigenvalue weighted by Gasteiger charge is -2.06. The predicted molar refractivity (Wildman–Crippen MR) is 106 cm³/mol. The smallest absolute Gasteiger partial charge is 0.145 e. The second-order valence-corrected chi connectivity index (χ2v) is 6.86. The zero-order chi connectivity index (χ0) is 19.4. The lowest BCUT2D eigenvalue weighted by Crippen LogP contribution is -2.06. The molecule has 2 aromatic heterocycles. The molecule has 0 radical (unpaired) electrons. The van der Waals surface area contributed by atoms with E-state index in [0.29, 0.717) is 29.9 Å². The molecule has 0 bridgehead atoms. The molecule has 0 saturated carbocycles. The van der Waals surface area contributed by atoms with Gasteiger partial charge in [-0.15, -0.1) is 0 Å². The van der Waals surface area contributed by atoms with Crippen molar-refractivity contribution in [1.82, 2.24) is 14.8 Å². The Hall–Kier alpha value is -2.92. The van der Waals surface area contributed by atoms with Gasteiger partial charge in [0.15, 0.2) is 0 Å². The molecule has 27 heavy (non-hydrogen) atoms. The second-order valence-electron chi connectivity index (χ2n) is 6.00. The molecule has 0 fully saturated rings. The lowest BCUT2D eigenvalue weighted by atomic mass is 10.1. The van der Waals surface area contributed by atoms with Gasteiger partial charge in [-0.25, -0.2) is 14.1 Å². The normalized spacial score (nSPS) is 10.6. The van der Waals surface area contributed by atoms with Crippen molar-refractivity contribution in [2.75, 3.05) is 17.6 Å². The number of nitrogens with one attached hydrogen (secondary N) is 1. The van der Waals surface area contributed by atoms with Crippen LogP contribution in [0.5, 0.6) is 0 Å². The SMILES string of the molecule is Cc1nc(NCCCc2nn(-c3ccc(F)cc3)c(N)c2C#N)ccc1Br. The summed E-state index contributed by atoms with van der Waals surface area (Å²) in [6.45, 7) is 2.61. The molecule has 0 amide bonds. The molecule has 0 aliphatic rings. The summed E-state index contributed by atoms with van der Waals surface area (Å²) in [4.78, 5) is 4.44. The van der Waals surface area contributed by atoms with Gasteiger partial charge in [-0.05, 0) is 72.1 Å². The number of hydrogen-bond donors (Lipinski definition) is 2. The average Bonchev–Trinajstić information content (AvgIpc) is 2.98. The predicted octanol–water partition coefficient (Wildman–Crippen LogP) is 3.98. The summed E-state index contributed by atoms with van der Waals surface area (Å²) >= 11 is 3.43. The van der Waals surface area contributed by atoms with E-state index in [1.807, 2.05) is 19.1 Å². The molecule has 0 aliphatic heterocycles. The molecule has 8 heteroatoms. The maximum Gasteiger partial charge on any atom is 0.145 e. The zero-order valence-electron chi connectivity index (χ0n) is 14.7. The highest BCUT2D eigenvalue weighted by Crippen LogP contribution is 2.22. The number of aromatic nitrogens is 3. The minimum absolute atomic E-state index is 0.261. The number of benzene rings is 1. The van der Waals surface area contributed by atoms with Crippen LogP contribution >= 0.6 is 15.9 Å². The highest BCUT2D eigenvalue weighted by Gasteiger charge is 2.16. The van der Waals surface area contributed by atoms with Crippen molar-refractivity contribution in [2.24, 2.45) is 0 Å². The third-order valence-electron chi connectivity index (χ3n) is 4.09. The molecular formula is C19H18BrFN6. The van der Waals surface area contributed by atoms with Gasteiger partial charge in [-0.1, -0.05) is 0 Å². The van der Waals surface area contributed by atoms with E-state index < -0.39 is 0 Å². The maximum absolute atomic E-state index is 13.1. The van der Waals surface area contributed by atoms with Gasteiger partial charge < -0.3 is 11.1 Å². The Morgan fingerprint density at radius 1 is 1.26 bits per heavy atom. The van der Waals surface area contributed by atoms with Crippen LogP contribution in [0.1, 0.15) is 23.4 Å². The van der Waals surface area contributed by atoms with Crippen LogP contribution in [0.15, 0.2) is 40.9 Å². The molecule has 0 unspecified atom stereocenters. The maximum atomic E-state index is 13.1. The minimum atomic E-state index is -0.340. The fourth-order valence-electron chi connectivity index (χ4n) is 2.67. The molecule has 0 saturated heterocycles. The van der Waals surface area contributed by atoms with Crippen molar-refractivity contribution < 1.29 is 4.39 Å². The Morgan fingerprint density at radius 2 is 2.00 bits per heavy atom. The third kappa shape index (κ3) is 4.26. The van der Waals surface area contributed by atoms with E-state index in [0.717, 1.165) is 22.4 Å². The molecule has 1 aromatic carbocycles. The summed E-state index contributed by atoms with van der Waals surface area (Å²) in [6, 6.07) is 11.8. The summed E-state index contributed by atoms with van der Waals surface area (Å²) < 4.78 is 15.6. The standard InChI is InChI=1S/C19H18BrFN6/c1-12-16(20)8-9-18(25-12)24-10-2-3-17-15(11-22)19(23)27(26-17)14-6-4-13(21)5-7-14/h4-9H,2-3,10,23H2,1H3,(H,24,25). The summed E-state index contributed by atoms with van der Waals surface area (Å²) in [5.41, 5.74) is 8.58. The number of nitrogens with two attached hydrogens (primary N) is 1. The van der Waals surface area contributed by atoms with Crippen molar-refractivity contribution in [3.8, 4) is 11.8 Å². The zero-order valence-corrected chi connectivity index (χ0v) is 16.3. The van der Waals surface area contributed by atoms with Crippen LogP contribution in [0.2, 0.25) is 0 Å². The van der Waals surface area contributed by atoms with Gasteiger partial charge in [0, 0.05) is 11.0 Å². The molecule has 0 aliphatic carbocycles. The average molecular weight is 429 g/mol. The number of anilines is 2. The first-order valence-electron chi connectivity index (χ1n) is 8.40. The van der Waals surface area contributed by atoms with E-state index in [-0.39, 0.29) is 11.6 Å². The fraction of sp³-hybridized carbons (Fsp3) is 0.211. The van der Waals surface area contributed by atoms with Crippen molar-refractivity contribution in [3.05, 3.63) is 63.6 Å². The number of halogens is 2. The van der Waals surface area contributed by atoms with Gasteiger partial charge >= 0.3 is 0 Å². The van der Waals surface area contributed by atoms with E-state index in [9.17, 15) is 9.65 Å². The third-order valence-corrected chi connectivity index (χ3v) is 4.93. The monoisotopic (exact) mass is 428 g/mol. The first-order valence-corrected chi connectivity index (χ1v) is 9.19. The minimum Gasteiger partial charge on any atom is -0.382 e. The number of nitrogens with zero attached hydrogens (tertiary/aromatic N) is 4. The molecule has 0 atom stereocenters. The Kier molecular flexibility index (Phi) is 5.72. The highest BCUT2D eigenvalue weighted by atomic mass is 79.9. The molecule has 2 heterocycles. The number of nitriles is 1. The summed E-state index contributed by atoms with van der Waals surface area (Å²) in [6.07, 6.45) is 1.34. The molecular weight excluding hydrogens is 411 g/mol. The van der Waals surface area contributed by atoms with Gasteiger partial charge in [-0.2, -0.15) is 10.4 Å². The van der Waals surface area contributed by atoms with Gasteiger partial charge in [0.05, 0.1) is 17.1 Å². The number of nitrogen functional groups attached to an aromatic ring is 1. The quantitative estimate of drug-likeness (QED) is 0.579. The molecule has 0 spiro atoms. The van der Waals surface area contributed by atoms with Crippen LogP contribution in [0.25, 0.3) is 5.69 Å². The van der Waals surface area contributed by atoms with Crippen LogP contribution in [-0.2, 0) is 6.42 Å². The number of aryl methyl sites for hydroxylation is 2. The van der Waals surface area contributed by atoms with Crippen molar-refractivity contribution >= 4 is 27.6 Å².